The molecule has 0 bridgehead atoms. The van der Waals surface area contributed by atoms with E-state index in [4.69, 9.17) is 5.11 Å². The predicted molar refractivity (Wildman–Crippen MR) is 78.2 cm³/mol. The van der Waals surface area contributed by atoms with Gasteiger partial charge in [0.1, 0.15) is 0 Å². The van der Waals surface area contributed by atoms with Gasteiger partial charge in [-0.05, 0) is 18.9 Å². The number of carbonyl (C=O) groups is 3. The molecule has 0 atom stereocenters. The molecule has 0 aromatic heterocycles. The first-order chi connectivity index (χ1) is 10.8. The number of rotatable bonds is 6. The second-order valence-electron chi connectivity index (χ2n) is 5.33. The largest absolute Gasteiger partial charge is 0.478 e. The van der Waals surface area contributed by atoms with Gasteiger partial charge in [-0.1, -0.05) is 0 Å². The van der Waals surface area contributed by atoms with E-state index in [2.05, 4.69) is 5.32 Å². The minimum Gasteiger partial charge on any atom is -0.478 e. The molecule has 1 aliphatic rings. The highest BCUT2D eigenvalue weighted by Crippen LogP contribution is 2.20. The van der Waals surface area contributed by atoms with Crippen LogP contribution in [0.1, 0.15) is 33.6 Å². The van der Waals surface area contributed by atoms with Gasteiger partial charge < -0.3 is 15.3 Å². The topological polar surface area (TPSA) is 130 Å². The molecule has 1 aromatic carbocycles. The Bertz CT molecular complexity index is 651. The van der Waals surface area contributed by atoms with Gasteiger partial charge in [-0.25, -0.2) is 4.79 Å². The van der Waals surface area contributed by atoms with Crippen LogP contribution in [0.5, 0.6) is 0 Å². The third kappa shape index (κ3) is 4.25. The Kier molecular flexibility index (Phi) is 4.58. The molecule has 1 aromatic rings. The third-order valence-corrected chi connectivity index (χ3v) is 3.29. The van der Waals surface area contributed by atoms with E-state index in [1.165, 1.54) is 7.05 Å². The van der Waals surface area contributed by atoms with Gasteiger partial charge in [0.05, 0.1) is 17.0 Å². The fraction of sp³-hybridized carbons (Fsp3) is 0.357. The molecule has 9 nitrogen and oxygen atoms in total. The number of amides is 2. The number of nitro groups is 1. The Morgan fingerprint density at radius 1 is 1.30 bits per heavy atom. The highest BCUT2D eigenvalue weighted by Gasteiger charge is 2.25. The van der Waals surface area contributed by atoms with Crippen LogP contribution in [0.3, 0.4) is 0 Å². The molecule has 0 aliphatic heterocycles. The van der Waals surface area contributed by atoms with Crippen LogP contribution >= 0.6 is 0 Å². The number of carbonyl (C=O) groups excluding carboxylic acids is 2. The third-order valence-electron chi connectivity index (χ3n) is 3.29. The van der Waals surface area contributed by atoms with Crippen molar-refractivity contribution in [2.24, 2.45) is 0 Å². The lowest BCUT2D eigenvalue weighted by Gasteiger charge is -2.17. The molecule has 1 aliphatic carbocycles. The SMILES string of the molecule is CN(CC(=O)NC1CC1)C(=O)c1cc(C(=O)O)cc([N+](=O)[O-])c1. The molecule has 1 saturated carbocycles. The number of benzene rings is 1. The minimum absolute atomic E-state index is 0.154. The van der Waals surface area contributed by atoms with E-state index in [9.17, 15) is 24.5 Å². The average Bonchev–Trinajstić information content (AvgIpc) is 3.29. The highest BCUT2D eigenvalue weighted by molar-refractivity contribution is 5.99. The van der Waals surface area contributed by atoms with E-state index < -0.39 is 22.5 Å². The van der Waals surface area contributed by atoms with E-state index in [-0.39, 0.29) is 29.6 Å². The number of carboxylic acids is 1. The van der Waals surface area contributed by atoms with Gasteiger partial charge in [0.2, 0.25) is 5.91 Å². The summed E-state index contributed by atoms with van der Waals surface area (Å²) in [5, 5.41) is 22.5. The Hall–Kier alpha value is -2.97. The molecule has 0 spiro atoms. The quantitative estimate of drug-likeness (QED) is 0.584. The standard InChI is InChI=1S/C14H15N3O6/c1-16(7-12(18)15-10-2-3-10)13(19)8-4-9(14(20)21)6-11(5-8)17(22)23/h4-6,10H,2-3,7H2,1H3,(H,15,18)(H,20,21). The van der Waals surface area contributed by atoms with Gasteiger partial charge in [0, 0.05) is 30.8 Å². The zero-order valence-electron chi connectivity index (χ0n) is 12.3. The lowest BCUT2D eigenvalue weighted by molar-refractivity contribution is -0.384. The summed E-state index contributed by atoms with van der Waals surface area (Å²) in [4.78, 5) is 46.1. The first-order valence-corrected chi connectivity index (χ1v) is 6.85. The van der Waals surface area contributed by atoms with Crippen LogP contribution in [-0.4, -0.2) is 52.3 Å². The van der Waals surface area contributed by atoms with E-state index in [0.29, 0.717) is 0 Å². The van der Waals surface area contributed by atoms with Crippen molar-refractivity contribution in [3.8, 4) is 0 Å². The van der Waals surface area contributed by atoms with Gasteiger partial charge >= 0.3 is 5.97 Å². The van der Waals surface area contributed by atoms with E-state index in [0.717, 1.165) is 35.9 Å². The fourth-order valence-corrected chi connectivity index (χ4v) is 1.97. The van der Waals surface area contributed by atoms with Crippen molar-refractivity contribution in [1.29, 1.82) is 0 Å². The molecule has 0 saturated heterocycles. The number of nitrogens with one attached hydrogen (secondary N) is 1. The molecule has 2 amide bonds. The van der Waals surface area contributed by atoms with Crippen molar-refractivity contribution in [3.63, 3.8) is 0 Å². The maximum atomic E-state index is 12.3. The number of nitrogens with zero attached hydrogens (tertiary/aromatic N) is 2. The van der Waals surface area contributed by atoms with E-state index >= 15 is 0 Å². The van der Waals surface area contributed by atoms with Crippen molar-refractivity contribution in [3.05, 3.63) is 39.4 Å². The maximum Gasteiger partial charge on any atom is 0.335 e. The van der Waals surface area contributed by atoms with Gasteiger partial charge in [0.15, 0.2) is 0 Å². The number of likely N-dealkylation sites (N-methyl/N-ethyl adjacent to an activating group) is 1. The van der Waals surface area contributed by atoms with Gasteiger partial charge in [-0.15, -0.1) is 0 Å². The lowest BCUT2D eigenvalue weighted by atomic mass is 10.1. The number of aromatic carboxylic acids is 1. The summed E-state index contributed by atoms with van der Waals surface area (Å²) in [7, 11) is 1.37. The smallest absolute Gasteiger partial charge is 0.335 e. The summed E-state index contributed by atoms with van der Waals surface area (Å²) in [5.74, 6) is -2.37. The normalized spacial score (nSPS) is 13.3. The maximum absolute atomic E-state index is 12.3. The number of hydrogen-bond acceptors (Lipinski definition) is 5. The summed E-state index contributed by atoms with van der Waals surface area (Å²) in [5.41, 5.74) is -1.01. The van der Waals surface area contributed by atoms with Crippen LogP contribution in [0.15, 0.2) is 18.2 Å². The van der Waals surface area contributed by atoms with Gasteiger partial charge in [-0.3, -0.25) is 19.7 Å². The lowest BCUT2D eigenvalue weighted by Crippen LogP contribution is -2.39. The summed E-state index contributed by atoms with van der Waals surface area (Å²) in [6.45, 7) is -0.208. The molecule has 9 heteroatoms. The first kappa shape index (κ1) is 16.4. The van der Waals surface area contributed by atoms with Crippen LogP contribution in [0.25, 0.3) is 0 Å². The Balaban J connectivity index is 2.17. The highest BCUT2D eigenvalue weighted by atomic mass is 16.6. The van der Waals surface area contributed by atoms with Gasteiger partial charge in [-0.2, -0.15) is 0 Å². The number of hydrogen-bond donors (Lipinski definition) is 2. The van der Waals surface area contributed by atoms with Crippen molar-refractivity contribution in [1.82, 2.24) is 10.2 Å². The summed E-state index contributed by atoms with van der Waals surface area (Å²) < 4.78 is 0. The Labute approximate surface area is 131 Å². The van der Waals surface area contributed by atoms with Crippen LogP contribution in [0, 0.1) is 10.1 Å². The zero-order valence-corrected chi connectivity index (χ0v) is 12.3. The van der Waals surface area contributed by atoms with Crippen molar-refractivity contribution >= 4 is 23.5 Å². The molecule has 2 rings (SSSR count). The minimum atomic E-state index is -1.38. The van der Waals surface area contributed by atoms with Crippen molar-refractivity contribution in [2.75, 3.05) is 13.6 Å². The predicted octanol–water partition coefficient (Wildman–Crippen LogP) is 0.644. The van der Waals surface area contributed by atoms with E-state index in [1.54, 1.807) is 0 Å². The average molecular weight is 321 g/mol. The second kappa shape index (κ2) is 6.42. The molecule has 122 valence electrons. The Morgan fingerprint density at radius 3 is 2.43 bits per heavy atom. The molecule has 2 N–H and O–H groups in total. The summed E-state index contributed by atoms with van der Waals surface area (Å²) in [6, 6.07) is 3.07. The zero-order chi connectivity index (χ0) is 17.1. The summed E-state index contributed by atoms with van der Waals surface area (Å²) in [6.07, 6.45) is 1.83. The van der Waals surface area contributed by atoms with Crippen LogP contribution in [0.2, 0.25) is 0 Å². The van der Waals surface area contributed by atoms with Crippen molar-refractivity contribution < 1.29 is 24.4 Å². The first-order valence-electron chi connectivity index (χ1n) is 6.85. The molecular formula is C14H15N3O6. The molecular weight excluding hydrogens is 306 g/mol. The molecule has 0 radical (unpaired) electrons. The fourth-order valence-electron chi connectivity index (χ4n) is 1.97. The number of carboxylic acid groups (broad SMARTS) is 1. The molecule has 1 fully saturated rings. The molecule has 0 heterocycles. The van der Waals surface area contributed by atoms with Crippen molar-refractivity contribution in [2.45, 2.75) is 18.9 Å². The Morgan fingerprint density at radius 2 is 1.91 bits per heavy atom. The second-order valence-corrected chi connectivity index (χ2v) is 5.33. The van der Waals surface area contributed by atoms with Gasteiger partial charge in [0.25, 0.3) is 11.6 Å². The van der Waals surface area contributed by atoms with Crippen LogP contribution < -0.4 is 5.32 Å². The molecule has 0 unspecified atom stereocenters. The number of nitro benzene ring substituents is 1. The van der Waals surface area contributed by atoms with Crippen LogP contribution in [-0.2, 0) is 4.79 Å². The van der Waals surface area contributed by atoms with E-state index in [1.807, 2.05) is 0 Å². The number of non-ortho nitro benzene ring substituents is 1. The van der Waals surface area contributed by atoms with Crippen LogP contribution in [0.4, 0.5) is 5.69 Å². The monoisotopic (exact) mass is 321 g/mol. The summed E-state index contributed by atoms with van der Waals surface area (Å²) >= 11 is 0. The molecule has 23 heavy (non-hydrogen) atoms.